The first-order valence-corrected chi connectivity index (χ1v) is 10.1. The van der Waals surface area contributed by atoms with Gasteiger partial charge in [-0.1, -0.05) is 25.1 Å². The first kappa shape index (κ1) is 21.0. The van der Waals surface area contributed by atoms with Crippen LogP contribution in [-0.4, -0.2) is 46.3 Å². The molecule has 1 fully saturated rings. The number of likely N-dealkylation sites (tertiary alicyclic amines) is 1. The van der Waals surface area contributed by atoms with Gasteiger partial charge < -0.3 is 9.64 Å². The summed E-state index contributed by atoms with van der Waals surface area (Å²) in [5.41, 5.74) is 0.838. The van der Waals surface area contributed by atoms with Gasteiger partial charge in [-0.25, -0.2) is 4.39 Å². The van der Waals surface area contributed by atoms with E-state index in [1.54, 1.807) is 47.8 Å². The number of amides is 1. The highest BCUT2D eigenvalue weighted by Crippen LogP contribution is 2.36. The molecule has 1 saturated heterocycles. The standard InChI is InChI=1S/C22H28FN3O3/c1-4-17-13-19(25(3)24-17)20(27)26-12-8-11-22(15-26,21(28)29-5-2)14-16-9-6-7-10-18(16)23/h6-7,9-10,13H,4-5,8,11-12,14-15H2,1-3H3/t22-/m0/s1. The first-order chi connectivity index (χ1) is 13.9. The predicted molar refractivity (Wildman–Crippen MR) is 107 cm³/mol. The summed E-state index contributed by atoms with van der Waals surface area (Å²) < 4.78 is 21.3. The van der Waals surface area contributed by atoms with Crippen molar-refractivity contribution in [2.45, 2.75) is 39.5 Å². The summed E-state index contributed by atoms with van der Waals surface area (Å²) in [6, 6.07) is 8.25. The molecule has 2 heterocycles. The van der Waals surface area contributed by atoms with Gasteiger partial charge in [0.15, 0.2) is 0 Å². The lowest BCUT2D eigenvalue weighted by atomic mass is 9.75. The minimum atomic E-state index is -0.960. The summed E-state index contributed by atoms with van der Waals surface area (Å²) in [4.78, 5) is 27.8. The van der Waals surface area contributed by atoms with Crippen LogP contribution in [0.15, 0.2) is 30.3 Å². The molecule has 0 radical (unpaired) electrons. The smallest absolute Gasteiger partial charge is 0.314 e. The Balaban J connectivity index is 1.90. The van der Waals surface area contributed by atoms with Crippen LogP contribution in [0.2, 0.25) is 0 Å². The van der Waals surface area contributed by atoms with Gasteiger partial charge in [0, 0.05) is 20.1 Å². The Bertz CT molecular complexity index is 895. The van der Waals surface area contributed by atoms with Gasteiger partial charge in [0.2, 0.25) is 0 Å². The largest absolute Gasteiger partial charge is 0.466 e. The van der Waals surface area contributed by atoms with E-state index in [2.05, 4.69) is 5.10 Å². The molecule has 1 aliphatic rings. The summed E-state index contributed by atoms with van der Waals surface area (Å²) in [5, 5.41) is 4.35. The Morgan fingerprint density at radius 3 is 2.69 bits per heavy atom. The first-order valence-electron chi connectivity index (χ1n) is 10.1. The van der Waals surface area contributed by atoms with E-state index in [-0.39, 0.29) is 37.3 Å². The van der Waals surface area contributed by atoms with Gasteiger partial charge in [-0.3, -0.25) is 14.3 Å². The fraction of sp³-hybridized carbons (Fsp3) is 0.500. The summed E-state index contributed by atoms with van der Waals surface area (Å²) >= 11 is 0. The van der Waals surface area contributed by atoms with Crippen molar-refractivity contribution in [2.24, 2.45) is 12.5 Å². The molecule has 1 aliphatic heterocycles. The summed E-state index contributed by atoms with van der Waals surface area (Å²) in [6.07, 6.45) is 2.14. The highest BCUT2D eigenvalue weighted by Gasteiger charge is 2.45. The van der Waals surface area contributed by atoms with Gasteiger partial charge in [-0.2, -0.15) is 5.10 Å². The molecule has 0 bridgehead atoms. The number of hydrogen-bond donors (Lipinski definition) is 0. The molecule has 0 unspecified atom stereocenters. The molecule has 2 aromatic rings. The van der Waals surface area contributed by atoms with Crippen LogP contribution >= 0.6 is 0 Å². The molecule has 0 N–H and O–H groups in total. The number of aromatic nitrogens is 2. The molecule has 1 aromatic heterocycles. The van der Waals surface area contributed by atoms with Gasteiger partial charge in [0.1, 0.15) is 11.5 Å². The second-order valence-electron chi connectivity index (χ2n) is 7.60. The molecule has 7 heteroatoms. The highest BCUT2D eigenvalue weighted by atomic mass is 19.1. The Morgan fingerprint density at radius 2 is 2.03 bits per heavy atom. The molecular weight excluding hydrogens is 373 g/mol. The lowest BCUT2D eigenvalue weighted by molar-refractivity contribution is -0.158. The van der Waals surface area contributed by atoms with E-state index in [9.17, 15) is 14.0 Å². The number of rotatable bonds is 6. The Labute approximate surface area is 170 Å². The van der Waals surface area contributed by atoms with Crippen molar-refractivity contribution < 1.29 is 18.7 Å². The number of hydrogen-bond acceptors (Lipinski definition) is 4. The third kappa shape index (κ3) is 4.33. The molecule has 1 atom stereocenters. The van der Waals surface area contributed by atoms with E-state index in [0.717, 1.165) is 12.1 Å². The molecule has 156 valence electrons. The zero-order valence-corrected chi connectivity index (χ0v) is 17.3. The molecule has 6 nitrogen and oxygen atoms in total. The van der Waals surface area contributed by atoms with Crippen LogP contribution in [0.5, 0.6) is 0 Å². The maximum Gasteiger partial charge on any atom is 0.314 e. The maximum absolute atomic E-state index is 14.3. The summed E-state index contributed by atoms with van der Waals surface area (Å²) in [7, 11) is 1.74. The average molecular weight is 401 g/mol. The van der Waals surface area contributed by atoms with Crippen LogP contribution < -0.4 is 0 Å². The third-order valence-corrected chi connectivity index (χ3v) is 5.57. The second kappa shape index (κ2) is 8.76. The number of carbonyl (C=O) groups excluding carboxylic acids is 2. The highest BCUT2D eigenvalue weighted by molar-refractivity contribution is 5.93. The van der Waals surface area contributed by atoms with Gasteiger partial charge >= 0.3 is 5.97 Å². The van der Waals surface area contributed by atoms with Gasteiger partial charge in [0.05, 0.1) is 17.7 Å². The van der Waals surface area contributed by atoms with Crippen LogP contribution in [0.1, 0.15) is 48.4 Å². The lowest BCUT2D eigenvalue weighted by Crippen LogP contribution is -2.52. The number of halogens is 1. The van der Waals surface area contributed by atoms with E-state index in [4.69, 9.17) is 4.74 Å². The van der Waals surface area contributed by atoms with Crippen LogP contribution in [0.4, 0.5) is 4.39 Å². The quantitative estimate of drug-likeness (QED) is 0.698. The molecule has 1 aromatic carbocycles. The van der Waals surface area contributed by atoms with Gasteiger partial charge in [-0.15, -0.1) is 0 Å². The van der Waals surface area contributed by atoms with E-state index in [0.29, 0.717) is 30.6 Å². The SMILES string of the molecule is CCOC(=O)[C@]1(Cc2ccccc2F)CCCN(C(=O)c2cc(CC)nn2C)C1. The topological polar surface area (TPSA) is 64.4 Å². The normalized spacial score (nSPS) is 19.2. The predicted octanol–water partition coefficient (Wildman–Crippen LogP) is 3.15. The Hall–Kier alpha value is -2.70. The minimum Gasteiger partial charge on any atom is -0.466 e. The summed E-state index contributed by atoms with van der Waals surface area (Å²) in [5.74, 6) is -0.888. The van der Waals surface area contributed by atoms with Crippen molar-refractivity contribution in [3.8, 4) is 0 Å². The van der Waals surface area contributed by atoms with Crippen molar-refractivity contribution in [1.82, 2.24) is 14.7 Å². The summed E-state index contributed by atoms with van der Waals surface area (Å²) in [6.45, 7) is 4.73. The van der Waals surface area contributed by atoms with Crippen molar-refractivity contribution in [3.63, 3.8) is 0 Å². The van der Waals surface area contributed by atoms with Crippen LogP contribution in [-0.2, 0) is 29.4 Å². The van der Waals surface area contributed by atoms with Crippen molar-refractivity contribution in [2.75, 3.05) is 19.7 Å². The van der Waals surface area contributed by atoms with Crippen molar-refractivity contribution in [3.05, 3.63) is 53.1 Å². The van der Waals surface area contributed by atoms with Crippen molar-refractivity contribution in [1.29, 1.82) is 0 Å². The fourth-order valence-corrected chi connectivity index (χ4v) is 4.04. The number of carbonyl (C=O) groups is 2. The van der Waals surface area contributed by atoms with Crippen LogP contribution in [0, 0.1) is 11.2 Å². The average Bonchev–Trinajstić information content (AvgIpc) is 3.10. The van der Waals surface area contributed by atoms with Crippen LogP contribution in [0.3, 0.4) is 0 Å². The molecule has 29 heavy (non-hydrogen) atoms. The number of benzene rings is 1. The number of aryl methyl sites for hydroxylation is 2. The number of piperidine rings is 1. The number of esters is 1. The van der Waals surface area contributed by atoms with E-state index >= 15 is 0 Å². The molecule has 0 spiro atoms. The molecular formula is C22H28FN3O3. The van der Waals surface area contributed by atoms with Crippen LogP contribution in [0.25, 0.3) is 0 Å². The zero-order valence-electron chi connectivity index (χ0n) is 17.3. The van der Waals surface area contributed by atoms with E-state index in [1.807, 2.05) is 6.92 Å². The van der Waals surface area contributed by atoms with Gasteiger partial charge in [0.25, 0.3) is 5.91 Å². The van der Waals surface area contributed by atoms with E-state index in [1.165, 1.54) is 6.07 Å². The number of ether oxygens (including phenoxy) is 1. The fourth-order valence-electron chi connectivity index (χ4n) is 4.04. The Morgan fingerprint density at radius 1 is 1.28 bits per heavy atom. The molecule has 1 amide bonds. The van der Waals surface area contributed by atoms with Gasteiger partial charge in [-0.05, 0) is 50.3 Å². The Kier molecular flexibility index (Phi) is 6.35. The van der Waals surface area contributed by atoms with Crippen molar-refractivity contribution >= 4 is 11.9 Å². The third-order valence-electron chi connectivity index (χ3n) is 5.57. The number of nitrogens with zero attached hydrogens (tertiary/aromatic N) is 3. The molecule has 0 saturated carbocycles. The lowest BCUT2D eigenvalue weighted by Gasteiger charge is -2.41. The molecule has 3 rings (SSSR count). The zero-order chi connectivity index (χ0) is 21.0. The maximum atomic E-state index is 14.3. The monoisotopic (exact) mass is 401 g/mol. The minimum absolute atomic E-state index is 0.165. The second-order valence-corrected chi connectivity index (χ2v) is 7.60. The molecule has 0 aliphatic carbocycles. The van der Waals surface area contributed by atoms with E-state index < -0.39 is 5.41 Å².